The van der Waals surface area contributed by atoms with Gasteiger partial charge in [0.1, 0.15) is 11.9 Å². The summed E-state index contributed by atoms with van der Waals surface area (Å²) in [7, 11) is -3.89. The van der Waals surface area contributed by atoms with Gasteiger partial charge in [0.15, 0.2) is 5.82 Å². The predicted octanol–water partition coefficient (Wildman–Crippen LogP) is 2.28. The third-order valence-corrected chi connectivity index (χ3v) is 6.62. The van der Waals surface area contributed by atoms with E-state index in [-0.39, 0.29) is 17.4 Å². The second-order valence-electron chi connectivity index (χ2n) is 7.51. The molecule has 1 aliphatic heterocycles. The summed E-state index contributed by atoms with van der Waals surface area (Å²) in [5.74, 6) is 0.973. The Morgan fingerprint density at radius 2 is 2.03 bits per heavy atom. The van der Waals surface area contributed by atoms with Gasteiger partial charge in [-0.25, -0.2) is 8.42 Å². The fraction of sp³-hybridized carbons (Fsp3) is 0.526. The molecule has 1 aliphatic rings. The maximum absolute atomic E-state index is 12.8. The molecule has 0 unspecified atom stereocenters. The van der Waals surface area contributed by atoms with Crippen molar-refractivity contribution in [3.8, 4) is 0 Å². The van der Waals surface area contributed by atoms with E-state index < -0.39 is 22.0 Å². The summed E-state index contributed by atoms with van der Waals surface area (Å²) in [6.07, 6.45) is 4.18. The van der Waals surface area contributed by atoms with E-state index in [9.17, 15) is 13.2 Å². The van der Waals surface area contributed by atoms with E-state index in [0.717, 1.165) is 38.1 Å². The lowest BCUT2D eigenvalue weighted by molar-refractivity contribution is -0.123. The van der Waals surface area contributed by atoms with E-state index in [1.165, 1.54) is 12.1 Å². The van der Waals surface area contributed by atoms with Crippen LogP contribution in [0.4, 0.5) is 0 Å². The predicted molar refractivity (Wildman–Crippen MR) is 110 cm³/mol. The lowest BCUT2D eigenvalue weighted by atomic mass is 10.1. The number of aryl methyl sites for hydroxylation is 1. The van der Waals surface area contributed by atoms with Gasteiger partial charge in [0, 0.05) is 18.0 Å². The van der Waals surface area contributed by atoms with E-state index in [1.807, 2.05) is 4.57 Å². The summed E-state index contributed by atoms with van der Waals surface area (Å²) in [5.41, 5.74) is 0. The Hall–Kier alpha value is -1.97. The molecule has 2 aromatic rings. The average Bonchev–Trinajstić information content (AvgIpc) is 2.90. The highest BCUT2D eigenvalue weighted by atomic mass is 35.5. The van der Waals surface area contributed by atoms with E-state index in [1.54, 1.807) is 26.0 Å². The molecule has 1 aromatic heterocycles. The number of nitrogens with one attached hydrogen (secondary N) is 2. The van der Waals surface area contributed by atoms with Crippen LogP contribution in [0.5, 0.6) is 0 Å². The fourth-order valence-electron chi connectivity index (χ4n) is 3.31. The first-order valence-corrected chi connectivity index (χ1v) is 11.6. The summed E-state index contributed by atoms with van der Waals surface area (Å²) < 4.78 is 29.9. The normalized spacial score (nSPS) is 15.6. The number of hydrogen-bond acceptors (Lipinski definition) is 5. The lowest BCUT2D eigenvalue weighted by Gasteiger charge is -2.21. The lowest BCUT2D eigenvalue weighted by Crippen LogP contribution is -2.49. The Balaban J connectivity index is 1.70. The smallest absolute Gasteiger partial charge is 0.241 e. The second-order valence-corrected chi connectivity index (χ2v) is 9.66. The van der Waals surface area contributed by atoms with Gasteiger partial charge in [-0.2, -0.15) is 4.72 Å². The molecule has 0 aliphatic carbocycles. The number of halogens is 1. The van der Waals surface area contributed by atoms with Crippen molar-refractivity contribution >= 4 is 27.5 Å². The largest absolute Gasteiger partial charge is 0.347 e. The average molecular weight is 440 g/mol. The Morgan fingerprint density at radius 1 is 1.24 bits per heavy atom. The molecule has 0 saturated carbocycles. The third-order valence-electron chi connectivity index (χ3n) is 4.94. The van der Waals surface area contributed by atoms with Crippen LogP contribution >= 0.6 is 11.6 Å². The van der Waals surface area contributed by atoms with Gasteiger partial charge >= 0.3 is 0 Å². The molecule has 0 radical (unpaired) electrons. The number of fused-ring (bicyclic) bond motifs is 1. The maximum Gasteiger partial charge on any atom is 0.241 e. The Bertz CT molecular complexity index is 974. The highest BCUT2D eigenvalue weighted by Crippen LogP contribution is 2.17. The summed E-state index contributed by atoms with van der Waals surface area (Å²) in [6.45, 7) is 4.61. The zero-order valence-electron chi connectivity index (χ0n) is 16.6. The molecule has 0 fully saturated rings. The highest BCUT2D eigenvalue weighted by molar-refractivity contribution is 7.89. The number of amides is 1. The number of hydrogen-bond donors (Lipinski definition) is 2. The van der Waals surface area contributed by atoms with Gasteiger partial charge in [-0.05, 0) is 37.0 Å². The molecule has 2 N–H and O–H groups in total. The summed E-state index contributed by atoms with van der Waals surface area (Å²) in [5, 5.41) is 11.5. The number of carbonyl (C=O) groups is 1. The van der Waals surface area contributed by atoms with Gasteiger partial charge in [-0.1, -0.05) is 37.9 Å². The Morgan fingerprint density at radius 3 is 2.76 bits per heavy atom. The molecule has 1 aromatic carbocycles. The molecule has 2 heterocycles. The van der Waals surface area contributed by atoms with Crippen LogP contribution in [-0.4, -0.2) is 35.1 Å². The summed E-state index contributed by atoms with van der Waals surface area (Å²) in [4.78, 5) is 12.8. The van der Waals surface area contributed by atoms with Crippen LogP contribution in [0.15, 0.2) is 29.2 Å². The Kier molecular flexibility index (Phi) is 6.92. The molecule has 0 spiro atoms. The monoisotopic (exact) mass is 439 g/mol. The Labute approximate surface area is 176 Å². The van der Waals surface area contributed by atoms with Gasteiger partial charge in [-0.15, -0.1) is 10.2 Å². The minimum atomic E-state index is -3.89. The van der Waals surface area contributed by atoms with E-state index >= 15 is 0 Å². The van der Waals surface area contributed by atoms with Crippen LogP contribution in [0.3, 0.4) is 0 Å². The number of carbonyl (C=O) groups excluding carboxylic acids is 1. The van der Waals surface area contributed by atoms with Crippen LogP contribution in [0.2, 0.25) is 5.02 Å². The molecule has 8 nitrogen and oxygen atoms in total. The van der Waals surface area contributed by atoms with Crippen molar-refractivity contribution in [1.29, 1.82) is 0 Å². The van der Waals surface area contributed by atoms with Crippen molar-refractivity contribution in [3.63, 3.8) is 0 Å². The van der Waals surface area contributed by atoms with Crippen molar-refractivity contribution in [2.75, 3.05) is 0 Å². The van der Waals surface area contributed by atoms with Crippen LogP contribution in [0.25, 0.3) is 0 Å². The second kappa shape index (κ2) is 9.23. The molecular formula is C19H26ClN5O3S. The molecule has 158 valence electrons. The zero-order valence-corrected chi connectivity index (χ0v) is 18.1. The summed E-state index contributed by atoms with van der Waals surface area (Å²) >= 11 is 5.90. The highest BCUT2D eigenvalue weighted by Gasteiger charge is 2.29. The first kappa shape index (κ1) is 21.7. The zero-order chi connectivity index (χ0) is 21.0. The van der Waals surface area contributed by atoms with E-state index in [2.05, 4.69) is 20.2 Å². The SMILES string of the molecule is CC(C)[C@H](NS(=O)(=O)c1cccc(Cl)c1)C(=O)NCc1nnc2n1CCCCC2. The molecule has 10 heteroatoms. The third kappa shape index (κ3) is 5.34. The number of nitrogens with zero attached hydrogens (tertiary/aromatic N) is 3. The van der Waals surface area contributed by atoms with Crippen molar-refractivity contribution in [1.82, 2.24) is 24.8 Å². The molecule has 1 amide bonds. The molecule has 0 saturated heterocycles. The van der Waals surface area contributed by atoms with E-state index in [0.29, 0.717) is 10.8 Å². The van der Waals surface area contributed by atoms with Gasteiger partial charge in [0.05, 0.1) is 11.4 Å². The van der Waals surface area contributed by atoms with Crippen LogP contribution in [0.1, 0.15) is 44.8 Å². The van der Waals surface area contributed by atoms with Crippen LogP contribution in [-0.2, 0) is 34.3 Å². The van der Waals surface area contributed by atoms with Crippen LogP contribution in [0, 0.1) is 5.92 Å². The standard InChI is InChI=1S/C19H26ClN5O3S/c1-13(2)18(24-29(27,28)15-8-6-7-14(20)11-15)19(26)21-12-17-23-22-16-9-4-3-5-10-25(16)17/h6-8,11,13,18,24H,3-5,9-10,12H2,1-2H3,(H,21,26)/t18-/m0/s1. The van der Waals surface area contributed by atoms with Gasteiger partial charge in [0.25, 0.3) is 0 Å². The number of benzene rings is 1. The number of rotatable bonds is 7. The van der Waals surface area contributed by atoms with Crippen molar-refractivity contribution < 1.29 is 13.2 Å². The van der Waals surface area contributed by atoms with Gasteiger partial charge < -0.3 is 9.88 Å². The summed E-state index contributed by atoms with van der Waals surface area (Å²) in [6, 6.07) is 5.01. The van der Waals surface area contributed by atoms with Crippen LogP contribution < -0.4 is 10.0 Å². The van der Waals surface area contributed by atoms with E-state index in [4.69, 9.17) is 11.6 Å². The first-order valence-electron chi connectivity index (χ1n) is 9.74. The quantitative estimate of drug-likeness (QED) is 0.688. The molecular weight excluding hydrogens is 414 g/mol. The molecule has 0 bridgehead atoms. The van der Waals surface area contributed by atoms with Crippen molar-refractivity contribution in [2.45, 2.75) is 63.6 Å². The van der Waals surface area contributed by atoms with Gasteiger partial charge in [-0.3, -0.25) is 4.79 Å². The minimum Gasteiger partial charge on any atom is -0.347 e. The molecule has 3 rings (SSSR count). The number of sulfonamides is 1. The number of aromatic nitrogens is 3. The van der Waals surface area contributed by atoms with Crippen molar-refractivity contribution in [3.05, 3.63) is 40.9 Å². The molecule has 1 atom stereocenters. The topological polar surface area (TPSA) is 106 Å². The maximum atomic E-state index is 12.8. The first-order chi connectivity index (χ1) is 13.8. The van der Waals surface area contributed by atoms with Gasteiger partial charge in [0.2, 0.25) is 15.9 Å². The minimum absolute atomic E-state index is 0.0197. The molecule has 29 heavy (non-hydrogen) atoms. The fourth-order valence-corrected chi connectivity index (χ4v) is 4.96. The van der Waals surface area contributed by atoms with Crippen molar-refractivity contribution in [2.24, 2.45) is 5.92 Å².